The number of aromatic nitrogens is 1. The number of halogens is 1. The Kier molecular flexibility index (Phi) is 6.41. The zero-order valence-corrected chi connectivity index (χ0v) is 14.9. The van der Waals surface area contributed by atoms with Crippen LogP contribution in [0, 0.1) is 0 Å². The van der Waals surface area contributed by atoms with Crippen LogP contribution >= 0.6 is 39.0 Å². The first-order chi connectivity index (χ1) is 10.6. The van der Waals surface area contributed by atoms with Crippen LogP contribution in [-0.2, 0) is 20.7 Å². The number of anilines is 1. The monoisotopic (exact) mass is 400 g/mol. The Bertz CT molecular complexity index is 658. The molecule has 1 aromatic carbocycles. The third-order valence-electron chi connectivity index (χ3n) is 2.53. The van der Waals surface area contributed by atoms with Crippen molar-refractivity contribution in [1.82, 2.24) is 4.98 Å². The zero-order valence-electron chi connectivity index (χ0n) is 11.7. The summed E-state index contributed by atoms with van der Waals surface area (Å²) < 4.78 is 5.57. The van der Waals surface area contributed by atoms with Crippen LogP contribution in [0.1, 0.15) is 5.69 Å². The molecule has 1 amide bonds. The molecule has 2 aromatic rings. The molecule has 0 aliphatic heterocycles. The van der Waals surface area contributed by atoms with Crippen molar-refractivity contribution in [2.75, 3.05) is 18.2 Å². The van der Waals surface area contributed by atoms with E-state index in [-0.39, 0.29) is 18.3 Å². The summed E-state index contributed by atoms with van der Waals surface area (Å²) in [5.74, 6) is -0.186. The van der Waals surface area contributed by atoms with Gasteiger partial charge in [0.2, 0.25) is 5.91 Å². The number of esters is 1. The maximum atomic E-state index is 11.9. The molecule has 0 fully saturated rings. The molecular formula is C14H13BrN2O3S2. The number of thioether (sulfide) groups is 1. The van der Waals surface area contributed by atoms with E-state index in [0.717, 1.165) is 9.37 Å². The van der Waals surface area contributed by atoms with Gasteiger partial charge in [-0.15, -0.1) is 23.1 Å². The lowest BCUT2D eigenvalue weighted by Gasteiger charge is -2.02. The number of methoxy groups -OCH3 is 1. The van der Waals surface area contributed by atoms with Gasteiger partial charge in [0.05, 0.1) is 25.0 Å². The number of nitrogens with one attached hydrogen (secondary N) is 1. The standard InChI is InChI=1S/C14H13BrN2O3S2/c1-20-13(19)6-10-7-22-14(16-10)17-12(18)8-21-11-4-2-9(15)3-5-11/h2-5,7H,6,8H2,1H3,(H,16,17,18). The van der Waals surface area contributed by atoms with Crippen LogP contribution in [0.3, 0.4) is 0 Å². The summed E-state index contributed by atoms with van der Waals surface area (Å²) in [5, 5.41) is 4.94. The Hall–Kier alpha value is -1.38. The number of carbonyl (C=O) groups is 2. The molecule has 1 N–H and O–H groups in total. The third kappa shape index (κ3) is 5.43. The summed E-state index contributed by atoms with van der Waals surface area (Å²) in [6, 6.07) is 7.75. The quantitative estimate of drug-likeness (QED) is 0.594. The number of amides is 1. The number of benzene rings is 1. The van der Waals surface area contributed by atoms with E-state index in [4.69, 9.17) is 0 Å². The molecule has 0 unspecified atom stereocenters. The summed E-state index contributed by atoms with van der Waals surface area (Å²) >= 11 is 6.10. The van der Waals surface area contributed by atoms with Crippen molar-refractivity contribution in [3.8, 4) is 0 Å². The molecule has 8 heteroatoms. The molecule has 2 rings (SSSR count). The number of ether oxygens (including phenoxy) is 1. The van der Waals surface area contributed by atoms with Gasteiger partial charge in [-0.05, 0) is 24.3 Å². The maximum Gasteiger partial charge on any atom is 0.311 e. The summed E-state index contributed by atoms with van der Waals surface area (Å²) in [6.45, 7) is 0. The van der Waals surface area contributed by atoms with E-state index in [0.29, 0.717) is 16.6 Å². The fourth-order valence-electron chi connectivity index (χ4n) is 1.50. The number of nitrogens with zero attached hydrogens (tertiary/aromatic N) is 1. The fraction of sp³-hybridized carbons (Fsp3) is 0.214. The first kappa shape index (κ1) is 17.0. The topological polar surface area (TPSA) is 68.3 Å². The molecule has 5 nitrogen and oxygen atoms in total. The lowest BCUT2D eigenvalue weighted by molar-refractivity contribution is -0.139. The average molecular weight is 401 g/mol. The van der Waals surface area contributed by atoms with Crippen molar-refractivity contribution < 1.29 is 14.3 Å². The summed E-state index contributed by atoms with van der Waals surface area (Å²) in [4.78, 5) is 28.2. The number of hydrogen-bond acceptors (Lipinski definition) is 6. The largest absolute Gasteiger partial charge is 0.469 e. The second kappa shape index (κ2) is 8.30. The average Bonchev–Trinajstić information content (AvgIpc) is 2.93. The predicted molar refractivity (Wildman–Crippen MR) is 91.3 cm³/mol. The Morgan fingerprint density at radius 2 is 2.09 bits per heavy atom. The van der Waals surface area contributed by atoms with Gasteiger partial charge in [0.1, 0.15) is 0 Å². The Morgan fingerprint density at radius 1 is 1.36 bits per heavy atom. The van der Waals surface area contributed by atoms with Crippen molar-refractivity contribution in [2.24, 2.45) is 0 Å². The van der Waals surface area contributed by atoms with Crippen LogP contribution in [0.4, 0.5) is 5.13 Å². The maximum absolute atomic E-state index is 11.9. The van der Waals surface area contributed by atoms with Gasteiger partial charge >= 0.3 is 5.97 Å². The zero-order chi connectivity index (χ0) is 15.9. The van der Waals surface area contributed by atoms with Gasteiger partial charge in [-0.3, -0.25) is 9.59 Å². The molecule has 0 saturated heterocycles. The first-order valence-electron chi connectivity index (χ1n) is 6.26. The molecule has 0 atom stereocenters. The molecule has 0 aliphatic carbocycles. The van der Waals surface area contributed by atoms with Crippen LogP contribution in [0.2, 0.25) is 0 Å². The summed E-state index contributed by atoms with van der Waals surface area (Å²) in [5.41, 5.74) is 0.590. The van der Waals surface area contributed by atoms with E-state index in [1.165, 1.54) is 30.2 Å². The fourth-order valence-corrected chi connectivity index (χ4v) is 3.19. The van der Waals surface area contributed by atoms with Crippen molar-refractivity contribution >= 4 is 56.0 Å². The van der Waals surface area contributed by atoms with E-state index in [2.05, 4.69) is 31.0 Å². The minimum absolute atomic E-state index is 0.108. The van der Waals surface area contributed by atoms with Crippen LogP contribution in [0.25, 0.3) is 0 Å². The molecule has 116 valence electrons. The minimum Gasteiger partial charge on any atom is -0.469 e. The smallest absolute Gasteiger partial charge is 0.311 e. The molecule has 1 aromatic heterocycles. The molecule has 0 radical (unpaired) electrons. The molecule has 0 saturated carbocycles. The molecule has 22 heavy (non-hydrogen) atoms. The van der Waals surface area contributed by atoms with Crippen LogP contribution in [-0.4, -0.2) is 29.7 Å². The van der Waals surface area contributed by atoms with E-state index < -0.39 is 0 Å². The molecule has 0 bridgehead atoms. The highest BCUT2D eigenvalue weighted by Crippen LogP contribution is 2.21. The van der Waals surface area contributed by atoms with Gasteiger partial charge in [0.25, 0.3) is 0 Å². The molecule has 0 aliphatic rings. The normalized spacial score (nSPS) is 10.3. The summed E-state index contributed by atoms with van der Waals surface area (Å²) in [6.07, 6.45) is 0.108. The van der Waals surface area contributed by atoms with Crippen molar-refractivity contribution in [2.45, 2.75) is 11.3 Å². The van der Waals surface area contributed by atoms with Crippen molar-refractivity contribution in [3.05, 3.63) is 39.8 Å². The number of rotatable bonds is 6. The van der Waals surface area contributed by atoms with E-state index in [9.17, 15) is 9.59 Å². The van der Waals surface area contributed by atoms with Gasteiger partial charge in [0, 0.05) is 14.7 Å². The highest BCUT2D eigenvalue weighted by molar-refractivity contribution is 9.10. The number of hydrogen-bond donors (Lipinski definition) is 1. The molecule has 0 spiro atoms. The Labute approximate surface area is 144 Å². The molecule has 1 heterocycles. The third-order valence-corrected chi connectivity index (χ3v) is 4.88. The van der Waals surface area contributed by atoms with Gasteiger partial charge < -0.3 is 10.1 Å². The second-order valence-electron chi connectivity index (χ2n) is 4.19. The van der Waals surface area contributed by atoms with Crippen LogP contribution in [0.5, 0.6) is 0 Å². The summed E-state index contributed by atoms with van der Waals surface area (Å²) in [7, 11) is 1.33. The lowest BCUT2D eigenvalue weighted by Crippen LogP contribution is -2.14. The van der Waals surface area contributed by atoms with Gasteiger partial charge in [-0.2, -0.15) is 0 Å². The van der Waals surface area contributed by atoms with Gasteiger partial charge in [0.15, 0.2) is 5.13 Å². The highest BCUT2D eigenvalue weighted by Gasteiger charge is 2.10. The highest BCUT2D eigenvalue weighted by atomic mass is 79.9. The van der Waals surface area contributed by atoms with Crippen molar-refractivity contribution in [1.29, 1.82) is 0 Å². The van der Waals surface area contributed by atoms with Gasteiger partial charge in [-0.1, -0.05) is 15.9 Å². The van der Waals surface area contributed by atoms with E-state index in [1.54, 1.807) is 5.38 Å². The SMILES string of the molecule is COC(=O)Cc1csc(NC(=O)CSc2ccc(Br)cc2)n1. The first-order valence-corrected chi connectivity index (χ1v) is 8.92. The number of carbonyl (C=O) groups excluding carboxylic acids is 2. The number of thiazole rings is 1. The lowest BCUT2D eigenvalue weighted by atomic mass is 10.3. The van der Waals surface area contributed by atoms with Crippen LogP contribution < -0.4 is 5.32 Å². The Balaban J connectivity index is 1.81. The Morgan fingerprint density at radius 3 is 2.77 bits per heavy atom. The molecular weight excluding hydrogens is 388 g/mol. The van der Waals surface area contributed by atoms with Crippen molar-refractivity contribution in [3.63, 3.8) is 0 Å². The van der Waals surface area contributed by atoms with Gasteiger partial charge in [-0.25, -0.2) is 4.98 Å². The predicted octanol–water partition coefficient (Wildman–Crippen LogP) is 3.35. The second-order valence-corrected chi connectivity index (χ2v) is 7.01. The van der Waals surface area contributed by atoms with E-state index in [1.807, 2.05) is 24.3 Å². The minimum atomic E-state index is -0.353. The van der Waals surface area contributed by atoms with E-state index >= 15 is 0 Å². The van der Waals surface area contributed by atoms with Crippen LogP contribution in [0.15, 0.2) is 39.0 Å².